The fourth-order valence-corrected chi connectivity index (χ4v) is 1.67. The second-order valence-electron chi connectivity index (χ2n) is 4.49. The van der Waals surface area contributed by atoms with Gasteiger partial charge in [-0.15, -0.1) is 0 Å². The smallest absolute Gasteiger partial charge is 0.119 e. The minimum Gasteiger partial charge on any atom is -0.493 e. The molecule has 1 N–H and O–H groups in total. The highest BCUT2D eigenvalue weighted by atomic mass is 16.5. The molecule has 0 aliphatic heterocycles. The molecule has 18 heavy (non-hydrogen) atoms. The summed E-state index contributed by atoms with van der Waals surface area (Å²) < 4.78 is 5.59. The van der Waals surface area contributed by atoms with Crippen molar-refractivity contribution < 1.29 is 9.84 Å². The summed E-state index contributed by atoms with van der Waals surface area (Å²) in [6.07, 6.45) is 0. The van der Waals surface area contributed by atoms with Crippen molar-refractivity contribution in [3.05, 3.63) is 54.6 Å². The predicted octanol–water partition coefficient (Wildman–Crippen LogP) is 3.36. The fraction of sp³-hybridized carbons (Fsp3) is 0.250. The van der Waals surface area contributed by atoms with E-state index < -0.39 is 0 Å². The minimum atomic E-state index is 0.155. The first-order valence-corrected chi connectivity index (χ1v) is 6.18. The van der Waals surface area contributed by atoms with E-state index in [-0.39, 0.29) is 12.5 Å². The lowest BCUT2D eigenvalue weighted by Gasteiger charge is -2.10. The first-order chi connectivity index (χ1) is 8.79. The molecule has 2 aromatic rings. The third-order valence-electron chi connectivity index (χ3n) is 2.81. The molecule has 0 fully saturated rings. The summed E-state index contributed by atoms with van der Waals surface area (Å²) in [6.45, 7) is 2.65. The van der Waals surface area contributed by atoms with Crippen LogP contribution < -0.4 is 4.74 Å². The molecule has 0 aliphatic carbocycles. The number of rotatable bonds is 5. The van der Waals surface area contributed by atoms with Crippen LogP contribution in [0.2, 0.25) is 0 Å². The maximum absolute atomic E-state index is 8.93. The van der Waals surface area contributed by atoms with Crippen LogP contribution in [0.25, 0.3) is 11.1 Å². The third kappa shape index (κ3) is 3.34. The number of ether oxygens (including phenoxy) is 1. The molecule has 2 rings (SSSR count). The van der Waals surface area contributed by atoms with E-state index in [1.807, 2.05) is 49.4 Å². The van der Waals surface area contributed by atoms with Gasteiger partial charge in [-0.3, -0.25) is 0 Å². The van der Waals surface area contributed by atoms with Gasteiger partial charge in [-0.1, -0.05) is 49.4 Å². The zero-order valence-electron chi connectivity index (χ0n) is 10.5. The molecular formula is C16H18O2. The Hall–Kier alpha value is -1.80. The Morgan fingerprint density at radius 2 is 1.56 bits per heavy atom. The molecular weight excluding hydrogens is 224 g/mol. The van der Waals surface area contributed by atoms with Crippen molar-refractivity contribution in [2.45, 2.75) is 6.92 Å². The molecule has 1 atom stereocenters. The quantitative estimate of drug-likeness (QED) is 0.871. The SMILES string of the molecule is CC(CO)COc1ccc(-c2ccccc2)cc1. The van der Waals surface area contributed by atoms with Crippen molar-refractivity contribution >= 4 is 0 Å². The van der Waals surface area contributed by atoms with E-state index in [4.69, 9.17) is 9.84 Å². The van der Waals surface area contributed by atoms with Gasteiger partial charge in [0, 0.05) is 12.5 Å². The highest BCUT2D eigenvalue weighted by molar-refractivity contribution is 5.63. The van der Waals surface area contributed by atoms with Crippen LogP contribution >= 0.6 is 0 Å². The van der Waals surface area contributed by atoms with E-state index >= 15 is 0 Å². The van der Waals surface area contributed by atoms with Crippen molar-refractivity contribution in [2.24, 2.45) is 5.92 Å². The fourth-order valence-electron chi connectivity index (χ4n) is 1.67. The van der Waals surface area contributed by atoms with Crippen molar-refractivity contribution in [3.8, 4) is 16.9 Å². The average molecular weight is 242 g/mol. The molecule has 1 unspecified atom stereocenters. The summed E-state index contributed by atoms with van der Waals surface area (Å²) in [5.74, 6) is 1.01. The van der Waals surface area contributed by atoms with Crippen LogP contribution in [0.5, 0.6) is 5.75 Å². The predicted molar refractivity (Wildman–Crippen MR) is 73.6 cm³/mol. The molecule has 0 saturated carbocycles. The Balaban J connectivity index is 2.02. The van der Waals surface area contributed by atoms with Crippen molar-refractivity contribution in [3.63, 3.8) is 0 Å². The summed E-state index contributed by atoms with van der Waals surface area (Å²) in [4.78, 5) is 0. The summed E-state index contributed by atoms with van der Waals surface area (Å²) in [7, 11) is 0. The lowest BCUT2D eigenvalue weighted by atomic mass is 10.1. The van der Waals surface area contributed by atoms with Gasteiger partial charge < -0.3 is 9.84 Å². The molecule has 2 aromatic carbocycles. The van der Waals surface area contributed by atoms with Gasteiger partial charge in [-0.2, -0.15) is 0 Å². The largest absolute Gasteiger partial charge is 0.493 e. The maximum atomic E-state index is 8.93. The average Bonchev–Trinajstić information content (AvgIpc) is 2.46. The number of aliphatic hydroxyl groups excluding tert-OH is 1. The van der Waals surface area contributed by atoms with Crippen molar-refractivity contribution in [1.29, 1.82) is 0 Å². The molecule has 0 aromatic heterocycles. The molecule has 0 bridgehead atoms. The number of hydrogen-bond donors (Lipinski definition) is 1. The standard InChI is InChI=1S/C16H18O2/c1-13(11-17)12-18-16-9-7-15(8-10-16)14-5-3-2-4-6-14/h2-10,13,17H,11-12H2,1H3. The highest BCUT2D eigenvalue weighted by Gasteiger charge is 2.02. The molecule has 0 radical (unpaired) electrons. The first kappa shape index (κ1) is 12.7. The van der Waals surface area contributed by atoms with Crippen LogP contribution in [0.15, 0.2) is 54.6 Å². The van der Waals surface area contributed by atoms with Gasteiger partial charge in [-0.25, -0.2) is 0 Å². The Morgan fingerprint density at radius 3 is 2.17 bits per heavy atom. The van der Waals surface area contributed by atoms with Crippen LogP contribution in [-0.2, 0) is 0 Å². The highest BCUT2D eigenvalue weighted by Crippen LogP contribution is 2.22. The van der Waals surface area contributed by atoms with Crippen LogP contribution in [0.1, 0.15) is 6.92 Å². The van der Waals surface area contributed by atoms with Gasteiger partial charge >= 0.3 is 0 Å². The Morgan fingerprint density at radius 1 is 0.944 bits per heavy atom. The summed E-state index contributed by atoms with van der Waals surface area (Å²) in [5.41, 5.74) is 2.38. The lowest BCUT2D eigenvalue weighted by molar-refractivity contribution is 0.174. The summed E-state index contributed by atoms with van der Waals surface area (Å²) >= 11 is 0. The van der Waals surface area contributed by atoms with Gasteiger partial charge in [0.05, 0.1) is 6.61 Å². The van der Waals surface area contributed by atoms with Crippen molar-refractivity contribution in [1.82, 2.24) is 0 Å². The van der Waals surface area contributed by atoms with E-state index in [1.165, 1.54) is 11.1 Å². The van der Waals surface area contributed by atoms with Gasteiger partial charge in [0.1, 0.15) is 5.75 Å². The Labute approximate surface area is 108 Å². The molecule has 0 aliphatic rings. The molecule has 0 saturated heterocycles. The van der Waals surface area contributed by atoms with Crippen LogP contribution in [0.3, 0.4) is 0 Å². The Kier molecular flexibility index (Phi) is 4.37. The number of benzene rings is 2. The normalized spacial score (nSPS) is 12.1. The van der Waals surface area contributed by atoms with Crippen molar-refractivity contribution in [2.75, 3.05) is 13.2 Å². The maximum Gasteiger partial charge on any atom is 0.119 e. The van der Waals surface area contributed by atoms with E-state index in [0.717, 1.165) is 5.75 Å². The minimum absolute atomic E-state index is 0.155. The zero-order valence-corrected chi connectivity index (χ0v) is 10.5. The van der Waals surface area contributed by atoms with Crippen LogP contribution in [-0.4, -0.2) is 18.3 Å². The number of hydrogen-bond acceptors (Lipinski definition) is 2. The zero-order chi connectivity index (χ0) is 12.8. The van der Waals surface area contributed by atoms with Gasteiger partial charge in [0.15, 0.2) is 0 Å². The lowest BCUT2D eigenvalue weighted by Crippen LogP contribution is -2.11. The second-order valence-corrected chi connectivity index (χ2v) is 4.49. The molecule has 0 amide bonds. The molecule has 0 spiro atoms. The molecule has 2 nitrogen and oxygen atoms in total. The third-order valence-corrected chi connectivity index (χ3v) is 2.81. The van der Waals surface area contributed by atoms with E-state index in [9.17, 15) is 0 Å². The summed E-state index contributed by atoms with van der Waals surface area (Å²) in [5, 5.41) is 8.93. The van der Waals surface area contributed by atoms with E-state index in [0.29, 0.717) is 6.61 Å². The topological polar surface area (TPSA) is 29.5 Å². The van der Waals surface area contributed by atoms with Gasteiger partial charge in [0.25, 0.3) is 0 Å². The number of aliphatic hydroxyl groups is 1. The van der Waals surface area contributed by atoms with E-state index in [1.54, 1.807) is 0 Å². The molecule has 94 valence electrons. The first-order valence-electron chi connectivity index (χ1n) is 6.18. The van der Waals surface area contributed by atoms with Crippen LogP contribution in [0.4, 0.5) is 0 Å². The van der Waals surface area contributed by atoms with Crippen LogP contribution in [0, 0.1) is 5.92 Å². The second kappa shape index (κ2) is 6.22. The van der Waals surface area contributed by atoms with Gasteiger partial charge in [0.2, 0.25) is 0 Å². The monoisotopic (exact) mass is 242 g/mol. The molecule has 2 heteroatoms. The molecule has 0 heterocycles. The Bertz CT molecular complexity index is 462. The van der Waals surface area contributed by atoms with Gasteiger partial charge in [-0.05, 0) is 23.3 Å². The van der Waals surface area contributed by atoms with E-state index in [2.05, 4.69) is 12.1 Å². The summed E-state index contributed by atoms with van der Waals surface area (Å²) in [6, 6.07) is 18.3.